The molecule has 1 aromatic rings. The monoisotopic (exact) mass is 217 g/mol. The van der Waals surface area contributed by atoms with Crippen LogP contribution in [0.5, 0.6) is 0 Å². The van der Waals surface area contributed by atoms with Crippen molar-refractivity contribution in [2.45, 2.75) is 13.2 Å². The van der Waals surface area contributed by atoms with Crippen molar-refractivity contribution >= 4 is 10.0 Å². The molecule has 1 heterocycles. The molecule has 1 rings (SSSR count). The summed E-state index contributed by atoms with van der Waals surface area (Å²) >= 11 is 0. The lowest BCUT2D eigenvalue weighted by Gasteiger charge is -2.05. The van der Waals surface area contributed by atoms with Crippen LogP contribution in [0.4, 0.5) is 0 Å². The van der Waals surface area contributed by atoms with Crippen molar-refractivity contribution < 1.29 is 13.5 Å². The molecule has 0 spiro atoms. The lowest BCUT2D eigenvalue weighted by atomic mass is 10.6. The zero-order chi connectivity index (χ0) is 10.6. The zero-order valence-corrected chi connectivity index (χ0v) is 8.24. The highest BCUT2D eigenvalue weighted by atomic mass is 32.2. The van der Waals surface area contributed by atoms with E-state index in [1.54, 1.807) is 15.5 Å². The summed E-state index contributed by atoms with van der Waals surface area (Å²) in [6.07, 6.45) is 3.09. The van der Waals surface area contributed by atoms with E-state index in [1.165, 1.54) is 6.20 Å². The van der Waals surface area contributed by atoms with E-state index in [-0.39, 0.29) is 18.9 Å². The molecule has 0 saturated heterocycles. The average Bonchev–Trinajstić information content (AvgIpc) is 2.62. The molecule has 14 heavy (non-hydrogen) atoms. The quantitative estimate of drug-likeness (QED) is 0.617. The number of sulfonamides is 1. The Morgan fingerprint density at radius 1 is 1.64 bits per heavy atom. The van der Waals surface area contributed by atoms with Gasteiger partial charge in [0.1, 0.15) is 12.4 Å². The van der Waals surface area contributed by atoms with E-state index in [4.69, 9.17) is 12.2 Å². The number of nitrogens with one attached hydrogen (secondary N) is 1. The largest absolute Gasteiger partial charge is 0.388 e. The number of hydrogen-bond acceptors (Lipinski definition) is 4. The lowest BCUT2D eigenvalue weighted by molar-refractivity contribution is 0.265. The minimum Gasteiger partial charge on any atom is -0.388 e. The predicted octanol–water partition coefficient (Wildman–Crippen LogP) is -1.04. The van der Waals surface area contributed by atoms with Gasteiger partial charge in [-0.15, -0.1) is 0 Å². The summed E-state index contributed by atoms with van der Waals surface area (Å²) in [6, 6.07) is 0. The first-order valence-electron chi connectivity index (χ1n) is 3.90. The van der Waals surface area contributed by atoms with Crippen LogP contribution in [-0.2, 0) is 23.2 Å². The van der Waals surface area contributed by atoms with Crippen LogP contribution in [0.3, 0.4) is 0 Å². The first-order valence-corrected chi connectivity index (χ1v) is 5.55. The van der Waals surface area contributed by atoms with Crippen LogP contribution in [0.2, 0.25) is 0 Å². The van der Waals surface area contributed by atoms with Gasteiger partial charge in [0.2, 0.25) is 10.0 Å². The number of aromatic nitrogens is 2. The molecule has 0 bridgehead atoms. The fourth-order valence-electron chi connectivity index (χ4n) is 0.973. The van der Waals surface area contributed by atoms with Gasteiger partial charge in [-0.25, -0.2) is 18.1 Å². The number of hydrogen-bond donors (Lipinski definition) is 2. The number of aliphatic hydroxyl groups is 1. The van der Waals surface area contributed by atoms with E-state index in [0.717, 1.165) is 0 Å². The second-order valence-electron chi connectivity index (χ2n) is 2.63. The number of aryl methyl sites for hydroxylation is 1. The maximum absolute atomic E-state index is 11.0. The van der Waals surface area contributed by atoms with Gasteiger partial charge in [-0.05, 0) is 0 Å². The number of imidazole rings is 1. The van der Waals surface area contributed by atoms with Gasteiger partial charge < -0.3 is 9.67 Å². The highest BCUT2D eigenvalue weighted by Gasteiger charge is 2.08. The van der Waals surface area contributed by atoms with Crippen LogP contribution in [0, 0.1) is 7.05 Å². The first kappa shape index (κ1) is 11.2. The third kappa shape index (κ3) is 2.79. The molecule has 0 saturated carbocycles. The van der Waals surface area contributed by atoms with Crippen molar-refractivity contribution in [1.29, 1.82) is 0 Å². The van der Waals surface area contributed by atoms with Gasteiger partial charge in [0, 0.05) is 18.9 Å². The van der Waals surface area contributed by atoms with E-state index in [0.29, 0.717) is 5.82 Å². The van der Waals surface area contributed by atoms with E-state index < -0.39 is 10.0 Å². The van der Waals surface area contributed by atoms with Gasteiger partial charge in [0.05, 0.1) is 12.8 Å². The highest BCUT2D eigenvalue weighted by Crippen LogP contribution is 1.98. The molecule has 0 aliphatic heterocycles. The molecule has 0 aliphatic rings. The molecule has 6 nitrogen and oxygen atoms in total. The number of nitrogens with zero attached hydrogens (tertiary/aromatic N) is 2. The maximum atomic E-state index is 11.0. The normalized spacial score (nSPS) is 11.9. The van der Waals surface area contributed by atoms with Crippen LogP contribution in [0.1, 0.15) is 5.82 Å². The van der Waals surface area contributed by atoms with Gasteiger partial charge in [-0.1, -0.05) is 0 Å². The average molecular weight is 217 g/mol. The zero-order valence-electron chi connectivity index (χ0n) is 7.42. The van der Waals surface area contributed by atoms with Gasteiger partial charge in [-0.3, -0.25) is 0 Å². The minimum absolute atomic E-state index is 0.146. The standard InChI is InChI=1S/C7H11N3O3S/c1-8-14(12,13)5-4-10-3-2-9-7(10)6-11/h1-3,8,11H,4-6H2. The molecule has 2 N–H and O–H groups in total. The molecule has 0 aromatic carbocycles. The van der Waals surface area contributed by atoms with E-state index in [2.05, 4.69) is 4.98 Å². The Morgan fingerprint density at radius 2 is 2.36 bits per heavy atom. The Kier molecular flexibility index (Phi) is 3.62. The first-order chi connectivity index (χ1) is 6.59. The van der Waals surface area contributed by atoms with Crippen LogP contribution in [0.15, 0.2) is 12.4 Å². The summed E-state index contributed by atoms with van der Waals surface area (Å²) in [5.74, 6) is 0.282. The molecule has 0 atom stereocenters. The molecule has 0 aliphatic carbocycles. The minimum atomic E-state index is -3.42. The van der Waals surface area contributed by atoms with E-state index in [1.807, 2.05) is 0 Å². The van der Waals surface area contributed by atoms with Crippen molar-refractivity contribution in [3.63, 3.8) is 0 Å². The fourth-order valence-corrected chi connectivity index (χ4v) is 1.53. The topological polar surface area (TPSA) is 84.2 Å². The Balaban J connectivity index is 2.62. The van der Waals surface area contributed by atoms with Crippen LogP contribution in [-0.4, -0.2) is 28.8 Å². The highest BCUT2D eigenvalue weighted by molar-refractivity contribution is 7.89. The van der Waals surface area contributed by atoms with Crippen LogP contribution < -0.4 is 4.72 Å². The van der Waals surface area contributed by atoms with Crippen LogP contribution in [0.25, 0.3) is 0 Å². The van der Waals surface area contributed by atoms with Crippen molar-refractivity contribution in [1.82, 2.24) is 14.3 Å². The molecular formula is C7H11N3O3S. The van der Waals surface area contributed by atoms with Crippen LogP contribution >= 0.6 is 0 Å². The molecule has 78 valence electrons. The molecule has 7 heteroatoms. The third-order valence-corrected chi connectivity index (χ3v) is 2.80. The molecule has 0 amide bonds. The predicted molar refractivity (Wildman–Crippen MR) is 49.4 cm³/mol. The SMILES string of the molecule is [CH]NS(=O)(=O)CCn1ccnc1CO. The molecule has 0 unspecified atom stereocenters. The molecule has 1 aromatic heterocycles. The molecule has 2 radical (unpaired) electrons. The fraction of sp³-hybridized carbons (Fsp3) is 0.429. The van der Waals surface area contributed by atoms with E-state index >= 15 is 0 Å². The van der Waals surface area contributed by atoms with Crippen molar-refractivity contribution in [3.8, 4) is 0 Å². The van der Waals surface area contributed by atoms with Gasteiger partial charge >= 0.3 is 0 Å². The summed E-state index contributed by atoms with van der Waals surface area (Å²) in [7, 11) is 1.38. The number of rotatable bonds is 5. The second kappa shape index (κ2) is 4.54. The summed E-state index contributed by atoms with van der Waals surface area (Å²) < 4.78 is 25.2. The second-order valence-corrected chi connectivity index (χ2v) is 4.51. The Bertz CT molecular complexity index is 385. The molecule has 0 fully saturated rings. The summed E-state index contributed by atoms with van der Waals surface area (Å²) in [5, 5.41) is 8.82. The van der Waals surface area contributed by atoms with Gasteiger partial charge in [-0.2, -0.15) is 0 Å². The lowest BCUT2D eigenvalue weighted by Crippen LogP contribution is -2.23. The smallest absolute Gasteiger partial charge is 0.213 e. The van der Waals surface area contributed by atoms with Crippen molar-refractivity contribution in [3.05, 3.63) is 25.3 Å². The van der Waals surface area contributed by atoms with Crippen molar-refractivity contribution in [2.75, 3.05) is 5.75 Å². The Hall–Kier alpha value is -0.920. The van der Waals surface area contributed by atoms with Crippen molar-refractivity contribution in [2.24, 2.45) is 0 Å². The van der Waals surface area contributed by atoms with Gasteiger partial charge in [0.25, 0.3) is 0 Å². The summed E-state index contributed by atoms with van der Waals surface area (Å²) in [5.41, 5.74) is 0. The Morgan fingerprint density at radius 3 is 2.93 bits per heavy atom. The molecular weight excluding hydrogens is 206 g/mol. The summed E-state index contributed by atoms with van der Waals surface area (Å²) in [4.78, 5) is 3.83. The third-order valence-electron chi connectivity index (χ3n) is 1.72. The maximum Gasteiger partial charge on any atom is 0.213 e. The summed E-state index contributed by atoms with van der Waals surface area (Å²) in [6.45, 7) is -0.00840. The van der Waals surface area contributed by atoms with E-state index in [9.17, 15) is 8.42 Å². The number of aliphatic hydroxyl groups excluding tert-OH is 1. The Labute approximate surface area is 82.6 Å². The van der Waals surface area contributed by atoms with Gasteiger partial charge in [0.15, 0.2) is 0 Å².